The van der Waals surface area contributed by atoms with Gasteiger partial charge in [0.15, 0.2) is 0 Å². The van der Waals surface area contributed by atoms with E-state index in [1.54, 1.807) is 35.8 Å². The third-order valence-electron chi connectivity index (χ3n) is 4.28. The van der Waals surface area contributed by atoms with Crippen LogP contribution in [0.2, 0.25) is 0 Å². The summed E-state index contributed by atoms with van der Waals surface area (Å²) in [6.45, 7) is 0. The Morgan fingerprint density at radius 1 is 1.11 bits per heavy atom. The highest BCUT2D eigenvalue weighted by Gasteiger charge is 2.09. The number of hydrogen-bond donors (Lipinski definition) is 1. The first-order valence-electron chi connectivity index (χ1n) is 8.84. The Kier molecular flexibility index (Phi) is 7.01. The third kappa shape index (κ3) is 5.09. The van der Waals surface area contributed by atoms with Gasteiger partial charge < -0.3 is 5.32 Å². The smallest absolute Gasteiger partial charge is 0.248 e. The summed E-state index contributed by atoms with van der Waals surface area (Å²) in [5, 5.41) is 7.25. The predicted octanol–water partition coefficient (Wildman–Crippen LogP) is 5.32. The first-order valence-corrected chi connectivity index (χ1v) is 11.5. The number of nitrogens with one attached hydrogen (secondary N) is 1. The molecule has 3 rings (SSSR count). The molecule has 2 aromatic carbocycles. The number of benzene rings is 2. The van der Waals surface area contributed by atoms with Crippen LogP contribution in [0.25, 0.3) is 17.3 Å². The summed E-state index contributed by atoms with van der Waals surface area (Å²) in [7, 11) is 1.91. The molecule has 0 fully saturated rings. The highest BCUT2D eigenvalue weighted by molar-refractivity contribution is 7.98. The van der Waals surface area contributed by atoms with Crippen molar-refractivity contribution < 1.29 is 4.79 Å². The maximum absolute atomic E-state index is 12.3. The molecule has 0 radical (unpaired) electrons. The quantitative estimate of drug-likeness (QED) is 0.423. The number of thioether (sulfide) groups is 2. The number of hydrogen-bond acceptors (Lipinski definition) is 4. The van der Waals surface area contributed by atoms with Gasteiger partial charge in [-0.05, 0) is 48.4 Å². The van der Waals surface area contributed by atoms with Crippen LogP contribution in [0.5, 0.6) is 0 Å². The number of carbonyl (C=O) groups excluding carboxylic acids is 1. The van der Waals surface area contributed by atoms with Crippen molar-refractivity contribution in [3.8, 4) is 11.3 Å². The summed E-state index contributed by atoms with van der Waals surface area (Å²) in [5.41, 5.74) is 5.00. The molecule has 0 saturated heterocycles. The molecule has 0 bridgehead atoms. The molecule has 1 amide bonds. The summed E-state index contributed by atoms with van der Waals surface area (Å²) in [6.07, 6.45) is 9.26. The molecular weight excluding hydrogens is 386 g/mol. The fourth-order valence-corrected chi connectivity index (χ4v) is 3.81. The van der Waals surface area contributed by atoms with Gasteiger partial charge in [-0.1, -0.05) is 24.3 Å². The molecule has 3 aromatic rings. The van der Waals surface area contributed by atoms with Crippen molar-refractivity contribution in [1.29, 1.82) is 0 Å². The molecule has 1 aromatic heterocycles. The lowest BCUT2D eigenvalue weighted by Gasteiger charge is -2.06. The fraction of sp³-hybridized carbons (Fsp3) is 0.182. The Labute approximate surface area is 174 Å². The van der Waals surface area contributed by atoms with E-state index in [0.29, 0.717) is 0 Å². The molecule has 6 heteroatoms. The zero-order valence-electron chi connectivity index (χ0n) is 16.2. The number of amides is 1. The van der Waals surface area contributed by atoms with Gasteiger partial charge in [0.05, 0.1) is 11.9 Å². The lowest BCUT2D eigenvalue weighted by atomic mass is 10.1. The predicted molar refractivity (Wildman–Crippen MR) is 122 cm³/mol. The van der Waals surface area contributed by atoms with E-state index in [2.05, 4.69) is 47.2 Å². The molecular formula is C22H23N3OS2. The number of anilines is 1. The first-order chi connectivity index (χ1) is 13.6. The van der Waals surface area contributed by atoms with Crippen LogP contribution in [0.4, 0.5) is 5.69 Å². The molecule has 0 spiro atoms. The molecule has 0 aliphatic heterocycles. The molecule has 0 saturated carbocycles. The van der Waals surface area contributed by atoms with E-state index in [1.807, 2.05) is 42.1 Å². The number of nitrogens with zero attached hydrogens (tertiary/aromatic N) is 2. The number of aromatic nitrogens is 2. The fourth-order valence-electron chi connectivity index (χ4n) is 2.88. The standard InChI is InChI=1S/C22H23N3OS2/c1-25-22(17-6-11-20(28-3)12-7-17)18(14-23-25)8-13-21(26)24-19-9-4-16(5-10-19)15-27-2/h4-14H,15H2,1-3H3,(H,24,26). The van der Waals surface area contributed by atoms with Gasteiger partial charge in [0.1, 0.15) is 0 Å². The number of aryl methyl sites for hydroxylation is 1. The Bertz CT molecular complexity index is 960. The second-order valence-corrected chi connectivity index (χ2v) is 8.00. The van der Waals surface area contributed by atoms with E-state index in [4.69, 9.17) is 0 Å². The minimum absolute atomic E-state index is 0.162. The zero-order valence-corrected chi connectivity index (χ0v) is 17.8. The highest BCUT2D eigenvalue weighted by atomic mass is 32.2. The first kappa shape index (κ1) is 20.3. The summed E-state index contributed by atoms with van der Waals surface area (Å²) >= 11 is 3.49. The average Bonchev–Trinajstić information content (AvgIpc) is 3.08. The molecule has 1 heterocycles. The van der Waals surface area contributed by atoms with E-state index >= 15 is 0 Å². The van der Waals surface area contributed by atoms with Crippen molar-refractivity contribution in [2.24, 2.45) is 7.05 Å². The van der Waals surface area contributed by atoms with Crippen LogP contribution in [-0.4, -0.2) is 28.2 Å². The van der Waals surface area contributed by atoms with E-state index in [9.17, 15) is 4.79 Å². The minimum atomic E-state index is -0.162. The molecule has 28 heavy (non-hydrogen) atoms. The SMILES string of the molecule is CSCc1ccc(NC(=O)C=Cc2cnn(C)c2-c2ccc(SC)cc2)cc1. The number of carbonyl (C=O) groups is 1. The second kappa shape index (κ2) is 9.66. The van der Waals surface area contributed by atoms with Crippen LogP contribution in [0.15, 0.2) is 65.7 Å². The highest BCUT2D eigenvalue weighted by Crippen LogP contribution is 2.26. The van der Waals surface area contributed by atoms with Crippen molar-refractivity contribution in [1.82, 2.24) is 9.78 Å². The van der Waals surface area contributed by atoms with Gasteiger partial charge in [-0.25, -0.2) is 0 Å². The van der Waals surface area contributed by atoms with Crippen LogP contribution in [0.1, 0.15) is 11.1 Å². The molecule has 0 unspecified atom stereocenters. The van der Waals surface area contributed by atoms with Crippen LogP contribution in [0.3, 0.4) is 0 Å². The lowest BCUT2D eigenvalue weighted by molar-refractivity contribution is -0.111. The third-order valence-corrected chi connectivity index (χ3v) is 5.64. The van der Waals surface area contributed by atoms with Gasteiger partial charge in [-0.15, -0.1) is 11.8 Å². The van der Waals surface area contributed by atoms with E-state index in [-0.39, 0.29) is 5.91 Å². The molecule has 0 aliphatic rings. The van der Waals surface area contributed by atoms with Gasteiger partial charge in [0.25, 0.3) is 0 Å². The van der Waals surface area contributed by atoms with E-state index in [1.165, 1.54) is 10.5 Å². The Morgan fingerprint density at radius 2 is 1.82 bits per heavy atom. The van der Waals surface area contributed by atoms with Gasteiger partial charge in [-0.2, -0.15) is 16.9 Å². The van der Waals surface area contributed by atoms with Crippen molar-refractivity contribution in [3.05, 3.63) is 71.9 Å². The minimum Gasteiger partial charge on any atom is -0.323 e. The summed E-state index contributed by atoms with van der Waals surface area (Å²) in [6, 6.07) is 16.3. The Hall–Kier alpha value is -2.44. The van der Waals surface area contributed by atoms with Crippen molar-refractivity contribution in [3.63, 3.8) is 0 Å². The molecule has 4 nitrogen and oxygen atoms in total. The normalized spacial score (nSPS) is 11.1. The maximum atomic E-state index is 12.3. The van der Waals surface area contributed by atoms with Gasteiger partial charge in [0, 0.05) is 40.6 Å². The summed E-state index contributed by atoms with van der Waals surface area (Å²) in [5.74, 6) is 0.806. The van der Waals surface area contributed by atoms with Crippen molar-refractivity contribution >= 4 is 41.2 Å². The number of rotatable bonds is 7. The van der Waals surface area contributed by atoms with Gasteiger partial charge in [-0.3, -0.25) is 9.48 Å². The molecule has 0 atom stereocenters. The second-order valence-electron chi connectivity index (χ2n) is 6.25. The maximum Gasteiger partial charge on any atom is 0.248 e. The van der Waals surface area contributed by atoms with Crippen molar-refractivity contribution in [2.75, 3.05) is 17.8 Å². The summed E-state index contributed by atoms with van der Waals surface area (Å²) < 4.78 is 1.83. The zero-order chi connectivity index (χ0) is 19.9. The van der Waals surface area contributed by atoms with E-state index < -0.39 is 0 Å². The Morgan fingerprint density at radius 3 is 2.46 bits per heavy atom. The van der Waals surface area contributed by atoms with Gasteiger partial charge >= 0.3 is 0 Å². The molecule has 0 aliphatic carbocycles. The molecule has 1 N–H and O–H groups in total. The van der Waals surface area contributed by atoms with Crippen LogP contribution >= 0.6 is 23.5 Å². The van der Waals surface area contributed by atoms with E-state index in [0.717, 1.165) is 28.3 Å². The lowest BCUT2D eigenvalue weighted by Crippen LogP contribution is -2.07. The van der Waals surface area contributed by atoms with Crippen LogP contribution in [0, 0.1) is 0 Å². The van der Waals surface area contributed by atoms with Crippen LogP contribution < -0.4 is 5.32 Å². The largest absolute Gasteiger partial charge is 0.323 e. The van der Waals surface area contributed by atoms with Crippen molar-refractivity contribution in [2.45, 2.75) is 10.6 Å². The summed E-state index contributed by atoms with van der Waals surface area (Å²) in [4.78, 5) is 13.5. The molecule has 144 valence electrons. The monoisotopic (exact) mass is 409 g/mol. The average molecular weight is 410 g/mol. The Balaban J connectivity index is 1.72. The topological polar surface area (TPSA) is 46.9 Å². The van der Waals surface area contributed by atoms with Crippen LogP contribution in [-0.2, 0) is 17.6 Å². The van der Waals surface area contributed by atoms with Gasteiger partial charge in [0.2, 0.25) is 5.91 Å².